The summed E-state index contributed by atoms with van der Waals surface area (Å²) in [6, 6.07) is 2.86. The van der Waals surface area contributed by atoms with E-state index in [2.05, 4.69) is 5.32 Å². The van der Waals surface area contributed by atoms with Gasteiger partial charge in [0.2, 0.25) is 5.91 Å². The van der Waals surface area contributed by atoms with E-state index in [9.17, 15) is 4.79 Å². The van der Waals surface area contributed by atoms with E-state index in [0.717, 1.165) is 5.56 Å². The van der Waals surface area contributed by atoms with Crippen LogP contribution in [0.2, 0.25) is 10.0 Å². The highest BCUT2D eigenvalue weighted by molar-refractivity contribution is 6.40. The van der Waals surface area contributed by atoms with Crippen LogP contribution in [-0.4, -0.2) is 11.9 Å². The van der Waals surface area contributed by atoms with Gasteiger partial charge in [0.05, 0.1) is 21.8 Å². The SMILES string of the molecule is Cc1ccc(Cl)c(NC(=O)[C@@H](C)N)c1Cl. The number of hydrogen-bond acceptors (Lipinski definition) is 2. The van der Waals surface area contributed by atoms with Gasteiger partial charge in [-0.2, -0.15) is 0 Å². The van der Waals surface area contributed by atoms with Crippen LogP contribution in [0.5, 0.6) is 0 Å². The largest absolute Gasteiger partial charge is 0.322 e. The lowest BCUT2D eigenvalue weighted by atomic mass is 10.2. The molecule has 0 aromatic heterocycles. The summed E-state index contributed by atoms with van der Waals surface area (Å²) in [5, 5.41) is 3.43. The molecule has 0 radical (unpaired) electrons. The van der Waals surface area contributed by atoms with Gasteiger partial charge in [-0.25, -0.2) is 0 Å². The lowest BCUT2D eigenvalue weighted by Crippen LogP contribution is -2.32. The van der Waals surface area contributed by atoms with Crippen molar-refractivity contribution in [3.8, 4) is 0 Å². The molecule has 15 heavy (non-hydrogen) atoms. The van der Waals surface area contributed by atoms with Crippen molar-refractivity contribution in [1.82, 2.24) is 0 Å². The van der Waals surface area contributed by atoms with E-state index in [1.165, 1.54) is 0 Å². The number of halogens is 2. The zero-order valence-electron chi connectivity index (χ0n) is 8.47. The monoisotopic (exact) mass is 246 g/mol. The number of nitrogens with two attached hydrogens (primary N) is 1. The van der Waals surface area contributed by atoms with Gasteiger partial charge in [0.25, 0.3) is 0 Å². The Labute approximate surface area is 98.5 Å². The summed E-state index contributed by atoms with van der Waals surface area (Å²) >= 11 is 11.9. The van der Waals surface area contributed by atoms with Gasteiger partial charge in [-0.3, -0.25) is 4.79 Å². The van der Waals surface area contributed by atoms with E-state index < -0.39 is 6.04 Å². The summed E-state index contributed by atoms with van der Waals surface area (Å²) in [5.74, 6) is -0.315. The average Bonchev–Trinajstić information content (AvgIpc) is 2.18. The molecule has 1 rings (SSSR count). The van der Waals surface area contributed by atoms with Gasteiger partial charge < -0.3 is 11.1 Å². The van der Waals surface area contributed by atoms with Crippen molar-refractivity contribution >= 4 is 34.8 Å². The van der Waals surface area contributed by atoms with Crippen molar-refractivity contribution in [2.75, 3.05) is 5.32 Å². The van der Waals surface area contributed by atoms with Gasteiger partial charge in [0, 0.05) is 0 Å². The van der Waals surface area contributed by atoms with Gasteiger partial charge in [-0.15, -0.1) is 0 Å². The molecule has 3 N–H and O–H groups in total. The van der Waals surface area contributed by atoms with Gasteiger partial charge >= 0.3 is 0 Å². The highest BCUT2D eigenvalue weighted by atomic mass is 35.5. The number of aryl methyl sites for hydroxylation is 1. The van der Waals surface area contributed by atoms with Crippen LogP contribution in [0.15, 0.2) is 12.1 Å². The van der Waals surface area contributed by atoms with E-state index in [4.69, 9.17) is 28.9 Å². The highest BCUT2D eigenvalue weighted by Gasteiger charge is 2.13. The van der Waals surface area contributed by atoms with Crippen molar-refractivity contribution in [3.63, 3.8) is 0 Å². The van der Waals surface area contributed by atoms with E-state index >= 15 is 0 Å². The van der Waals surface area contributed by atoms with Crippen molar-refractivity contribution in [2.24, 2.45) is 5.73 Å². The maximum Gasteiger partial charge on any atom is 0.241 e. The Balaban J connectivity index is 3.04. The Hall–Kier alpha value is -0.770. The first-order chi connectivity index (χ1) is 6.93. The molecule has 0 aliphatic heterocycles. The molecular formula is C10H12Cl2N2O. The molecule has 1 atom stereocenters. The molecular weight excluding hydrogens is 235 g/mol. The maximum atomic E-state index is 11.4. The minimum Gasteiger partial charge on any atom is -0.322 e. The molecule has 1 aromatic rings. The van der Waals surface area contributed by atoms with Crippen LogP contribution in [0.25, 0.3) is 0 Å². The van der Waals surface area contributed by atoms with Crippen LogP contribution >= 0.6 is 23.2 Å². The smallest absolute Gasteiger partial charge is 0.241 e. The van der Waals surface area contributed by atoms with Crippen molar-refractivity contribution in [1.29, 1.82) is 0 Å². The normalized spacial score (nSPS) is 12.3. The standard InChI is InChI=1S/C10H12Cl2N2O/c1-5-3-4-7(11)9(8(5)12)14-10(15)6(2)13/h3-4,6H,13H2,1-2H3,(H,14,15)/t6-/m1/s1. The second-order valence-corrected chi connectivity index (χ2v) is 4.12. The maximum absolute atomic E-state index is 11.4. The lowest BCUT2D eigenvalue weighted by molar-refractivity contribution is -0.117. The van der Waals surface area contributed by atoms with Crippen LogP contribution in [0, 0.1) is 6.92 Å². The Morgan fingerprint density at radius 1 is 1.47 bits per heavy atom. The third-order valence-corrected chi connectivity index (χ3v) is 2.75. The molecule has 0 bridgehead atoms. The molecule has 3 nitrogen and oxygen atoms in total. The zero-order chi connectivity index (χ0) is 11.6. The highest BCUT2D eigenvalue weighted by Crippen LogP contribution is 2.32. The molecule has 0 aliphatic rings. The van der Waals surface area contributed by atoms with Crippen LogP contribution in [0.4, 0.5) is 5.69 Å². The van der Waals surface area contributed by atoms with Gasteiger partial charge in [-0.1, -0.05) is 29.3 Å². The van der Waals surface area contributed by atoms with Gasteiger partial charge in [-0.05, 0) is 25.5 Å². The Morgan fingerprint density at radius 3 is 2.60 bits per heavy atom. The molecule has 1 aromatic carbocycles. The predicted molar refractivity (Wildman–Crippen MR) is 63.5 cm³/mol. The fourth-order valence-electron chi connectivity index (χ4n) is 1.01. The van der Waals surface area contributed by atoms with Crippen molar-refractivity contribution in [2.45, 2.75) is 19.9 Å². The predicted octanol–water partition coefficient (Wildman–Crippen LogP) is 2.59. The lowest BCUT2D eigenvalue weighted by Gasteiger charge is -2.12. The van der Waals surface area contributed by atoms with E-state index in [0.29, 0.717) is 15.7 Å². The topological polar surface area (TPSA) is 55.1 Å². The molecule has 5 heteroatoms. The van der Waals surface area contributed by atoms with E-state index in [1.54, 1.807) is 19.1 Å². The number of rotatable bonds is 2. The third kappa shape index (κ3) is 2.84. The molecule has 0 aliphatic carbocycles. The van der Waals surface area contributed by atoms with Gasteiger partial charge in [0.15, 0.2) is 0 Å². The summed E-state index contributed by atoms with van der Waals surface area (Å²) in [5.41, 5.74) is 6.69. The average molecular weight is 247 g/mol. The number of hydrogen-bond donors (Lipinski definition) is 2. The molecule has 0 saturated heterocycles. The molecule has 0 saturated carbocycles. The zero-order valence-corrected chi connectivity index (χ0v) is 9.99. The molecule has 1 amide bonds. The van der Waals surface area contributed by atoms with E-state index in [1.807, 2.05) is 6.92 Å². The minimum absolute atomic E-state index is 0.315. The molecule has 0 heterocycles. The summed E-state index contributed by atoms with van der Waals surface area (Å²) in [7, 11) is 0. The third-order valence-electron chi connectivity index (χ3n) is 1.95. The summed E-state index contributed by atoms with van der Waals surface area (Å²) in [4.78, 5) is 11.4. The fraction of sp³-hybridized carbons (Fsp3) is 0.300. The first-order valence-corrected chi connectivity index (χ1v) is 5.20. The molecule has 0 spiro atoms. The van der Waals surface area contributed by atoms with Crippen LogP contribution in [0.1, 0.15) is 12.5 Å². The van der Waals surface area contributed by atoms with Crippen LogP contribution < -0.4 is 11.1 Å². The fourth-order valence-corrected chi connectivity index (χ4v) is 1.47. The van der Waals surface area contributed by atoms with Crippen molar-refractivity contribution < 1.29 is 4.79 Å². The number of nitrogens with one attached hydrogen (secondary N) is 1. The summed E-state index contributed by atoms with van der Waals surface area (Å²) < 4.78 is 0. The molecule has 82 valence electrons. The Kier molecular flexibility index (Phi) is 3.97. The second-order valence-electron chi connectivity index (χ2n) is 3.33. The number of carbonyl (C=O) groups excluding carboxylic acids is 1. The Morgan fingerprint density at radius 2 is 2.07 bits per heavy atom. The second kappa shape index (κ2) is 4.84. The first kappa shape index (κ1) is 12.3. The number of benzene rings is 1. The summed E-state index contributed by atoms with van der Waals surface area (Å²) in [6.45, 7) is 3.42. The Bertz CT molecular complexity index is 391. The van der Waals surface area contributed by atoms with Crippen LogP contribution in [-0.2, 0) is 4.79 Å². The minimum atomic E-state index is -0.599. The number of carbonyl (C=O) groups is 1. The van der Waals surface area contributed by atoms with Gasteiger partial charge in [0.1, 0.15) is 0 Å². The summed E-state index contributed by atoms with van der Waals surface area (Å²) in [6.07, 6.45) is 0. The molecule has 0 fully saturated rings. The quantitative estimate of drug-likeness (QED) is 0.843. The molecule has 0 unspecified atom stereocenters. The first-order valence-electron chi connectivity index (χ1n) is 4.44. The van der Waals surface area contributed by atoms with Crippen molar-refractivity contribution in [3.05, 3.63) is 27.7 Å². The number of anilines is 1. The van der Waals surface area contributed by atoms with Crippen LogP contribution in [0.3, 0.4) is 0 Å². The number of amides is 1. The van der Waals surface area contributed by atoms with E-state index in [-0.39, 0.29) is 5.91 Å².